The van der Waals surface area contributed by atoms with Crippen molar-refractivity contribution in [3.63, 3.8) is 0 Å². The summed E-state index contributed by atoms with van der Waals surface area (Å²) in [7, 11) is 0. The van der Waals surface area contributed by atoms with Crippen LogP contribution in [0.4, 0.5) is 22.7 Å². The lowest BCUT2D eigenvalue weighted by atomic mass is 10.1. The number of carbonyl (C=O) groups excluding carboxylic acids is 1. The quantitative estimate of drug-likeness (QED) is 0.507. The van der Waals surface area contributed by atoms with Crippen LogP contribution in [0.25, 0.3) is 0 Å². The monoisotopic (exact) mass is 377 g/mol. The number of nitro benzene ring substituents is 1. The molecule has 0 spiro atoms. The molecule has 2 N–H and O–H groups in total. The maximum absolute atomic E-state index is 12.5. The number of carbonyl (C=O) groups is 1. The lowest BCUT2D eigenvalue weighted by molar-refractivity contribution is -0.383. The Kier molecular flexibility index (Phi) is 4.51. The molecule has 8 heteroatoms. The second-order valence-corrected chi connectivity index (χ2v) is 6.00. The molecular formula is C20H15N3O5. The SMILES string of the molecule is O=C(Nc1ccc2c(c1)OCO2)c1ccc(Nc2ccccc2)c([N+](=O)[O-])c1. The third-order valence-electron chi connectivity index (χ3n) is 4.14. The fourth-order valence-corrected chi connectivity index (χ4v) is 2.78. The summed E-state index contributed by atoms with van der Waals surface area (Å²) in [6.07, 6.45) is 0. The number of para-hydroxylation sites is 1. The zero-order valence-electron chi connectivity index (χ0n) is 14.5. The van der Waals surface area contributed by atoms with Crippen molar-refractivity contribution in [2.45, 2.75) is 0 Å². The van der Waals surface area contributed by atoms with Crippen LogP contribution in [0.15, 0.2) is 66.7 Å². The number of ether oxygens (including phenoxy) is 2. The molecule has 0 saturated carbocycles. The number of nitro groups is 1. The minimum absolute atomic E-state index is 0.134. The number of hydrogen-bond acceptors (Lipinski definition) is 6. The van der Waals surface area contributed by atoms with Crippen molar-refractivity contribution in [1.82, 2.24) is 0 Å². The van der Waals surface area contributed by atoms with E-state index in [1.807, 2.05) is 18.2 Å². The predicted molar refractivity (Wildman–Crippen MR) is 103 cm³/mol. The number of hydrogen-bond donors (Lipinski definition) is 2. The van der Waals surface area contributed by atoms with Gasteiger partial charge in [0.1, 0.15) is 5.69 Å². The van der Waals surface area contributed by atoms with Crippen LogP contribution in [0.1, 0.15) is 10.4 Å². The molecule has 3 aromatic carbocycles. The van der Waals surface area contributed by atoms with Crippen LogP contribution in [0.5, 0.6) is 11.5 Å². The van der Waals surface area contributed by atoms with Gasteiger partial charge in [-0.2, -0.15) is 0 Å². The molecule has 0 fully saturated rings. The van der Waals surface area contributed by atoms with Crippen LogP contribution in [0.2, 0.25) is 0 Å². The molecule has 4 rings (SSSR count). The molecule has 1 aliphatic rings. The van der Waals surface area contributed by atoms with Crippen molar-refractivity contribution in [1.29, 1.82) is 0 Å². The first-order chi connectivity index (χ1) is 13.6. The van der Waals surface area contributed by atoms with Gasteiger partial charge in [0, 0.05) is 29.1 Å². The zero-order valence-corrected chi connectivity index (χ0v) is 14.5. The van der Waals surface area contributed by atoms with Gasteiger partial charge in [0.2, 0.25) is 6.79 Å². The number of fused-ring (bicyclic) bond motifs is 1. The number of amides is 1. The van der Waals surface area contributed by atoms with Crippen molar-refractivity contribution in [2.75, 3.05) is 17.4 Å². The number of anilines is 3. The Labute approximate surface area is 159 Å². The largest absolute Gasteiger partial charge is 0.454 e. The van der Waals surface area contributed by atoms with Gasteiger partial charge >= 0.3 is 0 Å². The summed E-state index contributed by atoms with van der Waals surface area (Å²) in [6.45, 7) is 0.134. The second kappa shape index (κ2) is 7.28. The Hall–Kier alpha value is -4.07. The summed E-state index contributed by atoms with van der Waals surface area (Å²) in [5, 5.41) is 17.2. The molecule has 0 radical (unpaired) electrons. The van der Waals surface area contributed by atoms with Crippen molar-refractivity contribution in [2.24, 2.45) is 0 Å². The molecular weight excluding hydrogens is 362 g/mol. The van der Waals surface area contributed by atoms with Crippen molar-refractivity contribution in [3.05, 3.63) is 82.4 Å². The van der Waals surface area contributed by atoms with Gasteiger partial charge in [0.25, 0.3) is 11.6 Å². The van der Waals surface area contributed by atoms with Gasteiger partial charge < -0.3 is 20.1 Å². The first-order valence-corrected chi connectivity index (χ1v) is 8.42. The minimum Gasteiger partial charge on any atom is -0.454 e. The third-order valence-corrected chi connectivity index (χ3v) is 4.14. The summed E-state index contributed by atoms with van der Waals surface area (Å²) in [4.78, 5) is 23.5. The van der Waals surface area contributed by atoms with E-state index in [0.29, 0.717) is 28.6 Å². The molecule has 0 atom stereocenters. The Balaban J connectivity index is 1.56. The van der Waals surface area contributed by atoms with Gasteiger partial charge in [-0.05, 0) is 36.4 Å². The van der Waals surface area contributed by atoms with E-state index in [9.17, 15) is 14.9 Å². The van der Waals surface area contributed by atoms with Gasteiger partial charge in [0.15, 0.2) is 11.5 Å². The maximum Gasteiger partial charge on any atom is 0.293 e. The fourth-order valence-electron chi connectivity index (χ4n) is 2.78. The van der Waals surface area contributed by atoms with E-state index in [0.717, 1.165) is 0 Å². The van der Waals surface area contributed by atoms with Gasteiger partial charge in [-0.25, -0.2) is 0 Å². The molecule has 1 aliphatic heterocycles. The van der Waals surface area contributed by atoms with Crippen LogP contribution in [-0.4, -0.2) is 17.6 Å². The molecule has 3 aromatic rings. The summed E-state index contributed by atoms with van der Waals surface area (Å²) in [5.41, 5.74) is 1.49. The molecule has 0 bridgehead atoms. The van der Waals surface area contributed by atoms with Crippen LogP contribution in [0, 0.1) is 10.1 Å². The highest BCUT2D eigenvalue weighted by Gasteiger charge is 2.19. The summed E-state index contributed by atoms with van der Waals surface area (Å²) in [5.74, 6) is 0.671. The van der Waals surface area contributed by atoms with Crippen molar-refractivity contribution >= 4 is 28.7 Å². The van der Waals surface area contributed by atoms with E-state index in [2.05, 4.69) is 10.6 Å². The average Bonchev–Trinajstić information content (AvgIpc) is 3.16. The first kappa shape index (κ1) is 17.3. The Morgan fingerprint density at radius 2 is 1.71 bits per heavy atom. The van der Waals surface area contributed by atoms with E-state index in [1.54, 1.807) is 30.3 Å². The van der Waals surface area contributed by atoms with E-state index >= 15 is 0 Å². The molecule has 8 nitrogen and oxygen atoms in total. The normalized spacial score (nSPS) is 11.7. The molecule has 0 aliphatic carbocycles. The number of nitrogens with zero attached hydrogens (tertiary/aromatic N) is 1. The highest BCUT2D eigenvalue weighted by Crippen LogP contribution is 2.34. The smallest absolute Gasteiger partial charge is 0.293 e. The summed E-state index contributed by atoms with van der Waals surface area (Å²) >= 11 is 0. The van der Waals surface area contributed by atoms with Crippen LogP contribution >= 0.6 is 0 Å². The molecule has 28 heavy (non-hydrogen) atoms. The van der Waals surface area contributed by atoms with E-state index < -0.39 is 10.8 Å². The zero-order chi connectivity index (χ0) is 19.5. The van der Waals surface area contributed by atoms with Crippen LogP contribution in [0.3, 0.4) is 0 Å². The molecule has 140 valence electrons. The van der Waals surface area contributed by atoms with Gasteiger partial charge in [-0.1, -0.05) is 18.2 Å². The van der Waals surface area contributed by atoms with Crippen LogP contribution in [-0.2, 0) is 0 Å². The molecule has 1 amide bonds. The summed E-state index contributed by atoms with van der Waals surface area (Å²) < 4.78 is 10.5. The third kappa shape index (κ3) is 3.56. The molecule has 0 aromatic heterocycles. The van der Waals surface area contributed by atoms with Crippen molar-refractivity contribution in [3.8, 4) is 11.5 Å². The van der Waals surface area contributed by atoms with Crippen molar-refractivity contribution < 1.29 is 19.2 Å². The second-order valence-electron chi connectivity index (χ2n) is 6.00. The predicted octanol–water partition coefficient (Wildman–Crippen LogP) is 4.32. The fraction of sp³-hybridized carbons (Fsp3) is 0.0500. The summed E-state index contributed by atoms with van der Waals surface area (Å²) in [6, 6.07) is 18.4. The lowest BCUT2D eigenvalue weighted by Crippen LogP contribution is -2.12. The van der Waals surface area contributed by atoms with E-state index in [-0.39, 0.29) is 18.0 Å². The maximum atomic E-state index is 12.5. The lowest BCUT2D eigenvalue weighted by Gasteiger charge is -2.10. The van der Waals surface area contributed by atoms with Gasteiger partial charge in [-0.15, -0.1) is 0 Å². The topological polar surface area (TPSA) is 103 Å². The van der Waals surface area contributed by atoms with Gasteiger partial charge in [0.05, 0.1) is 4.92 Å². The Morgan fingerprint density at radius 1 is 0.929 bits per heavy atom. The highest BCUT2D eigenvalue weighted by atomic mass is 16.7. The number of benzene rings is 3. The molecule has 0 saturated heterocycles. The van der Waals surface area contributed by atoms with Gasteiger partial charge in [-0.3, -0.25) is 14.9 Å². The minimum atomic E-state index is -0.525. The number of rotatable bonds is 5. The highest BCUT2D eigenvalue weighted by molar-refractivity contribution is 6.05. The molecule has 1 heterocycles. The van der Waals surface area contributed by atoms with Crippen LogP contribution < -0.4 is 20.1 Å². The van der Waals surface area contributed by atoms with E-state index in [1.165, 1.54) is 18.2 Å². The Bertz CT molecular complexity index is 1050. The first-order valence-electron chi connectivity index (χ1n) is 8.42. The standard InChI is InChI=1S/C20H15N3O5/c24-20(22-15-7-9-18-19(11-15)28-12-27-18)13-6-8-16(17(10-13)23(25)26)21-14-4-2-1-3-5-14/h1-11,21H,12H2,(H,22,24). The number of nitrogens with one attached hydrogen (secondary N) is 2. The van der Waals surface area contributed by atoms with E-state index in [4.69, 9.17) is 9.47 Å². The molecule has 0 unspecified atom stereocenters. The average molecular weight is 377 g/mol. The Morgan fingerprint density at radius 3 is 2.50 bits per heavy atom.